The van der Waals surface area contributed by atoms with Crippen molar-refractivity contribution >= 4 is 25.2 Å². The summed E-state index contributed by atoms with van der Waals surface area (Å²) < 4.78 is 6.48. The van der Waals surface area contributed by atoms with Gasteiger partial charge in [0.05, 0.1) is 4.47 Å². The molecule has 2 rings (SSSR count). The summed E-state index contributed by atoms with van der Waals surface area (Å²) >= 11 is 3.54. The van der Waals surface area contributed by atoms with E-state index >= 15 is 0 Å². The predicted molar refractivity (Wildman–Crippen MR) is 110 cm³/mol. The van der Waals surface area contributed by atoms with Crippen LogP contribution in [0.25, 0.3) is 0 Å². The van der Waals surface area contributed by atoms with Crippen molar-refractivity contribution < 1.29 is 4.74 Å². The van der Waals surface area contributed by atoms with Gasteiger partial charge in [0.2, 0.25) is 0 Å². The van der Waals surface area contributed by atoms with Crippen molar-refractivity contribution in [2.75, 3.05) is 6.35 Å². The van der Waals surface area contributed by atoms with Gasteiger partial charge in [0.1, 0.15) is 12.1 Å². The van der Waals surface area contributed by atoms with Gasteiger partial charge in [-0.2, -0.15) is 0 Å². The van der Waals surface area contributed by atoms with Crippen LogP contribution in [0.2, 0.25) is 0 Å². The van der Waals surface area contributed by atoms with Gasteiger partial charge in [-0.05, 0) is 52.9 Å². The summed E-state index contributed by atoms with van der Waals surface area (Å²) in [7, 11) is 2.55. The van der Waals surface area contributed by atoms with Gasteiger partial charge in [-0.3, -0.25) is 0 Å². The molecule has 2 N–H and O–H groups in total. The highest BCUT2D eigenvalue weighted by Gasteiger charge is 2.29. The molecular formula is C19H35BrNOP. The van der Waals surface area contributed by atoms with E-state index in [2.05, 4.69) is 51.1 Å². The number of hydrogen-bond acceptors (Lipinski definition) is 2. The van der Waals surface area contributed by atoms with Gasteiger partial charge in [-0.15, -0.1) is 0 Å². The van der Waals surface area contributed by atoms with Crippen LogP contribution in [0, 0.1) is 0 Å². The fourth-order valence-electron chi connectivity index (χ4n) is 2.52. The van der Waals surface area contributed by atoms with Crippen molar-refractivity contribution in [3.63, 3.8) is 0 Å². The number of ether oxygens (including phenoxy) is 1. The molecule has 4 heteroatoms. The Morgan fingerprint density at radius 3 is 2.17 bits per heavy atom. The molecule has 1 atom stereocenters. The summed E-state index contributed by atoms with van der Waals surface area (Å²) in [6.07, 6.45) is 9.05. The highest BCUT2D eigenvalue weighted by molar-refractivity contribution is 9.10. The summed E-state index contributed by atoms with van der Waals surface area (Å²) in [4.78, 5) is 0. The van der Waals surface area contributed by atoms with E-state index in [1.807, 2.05) is 19.9 Å². The monoisotopic (exact) mass is 403 g/mol. The van der Waals surface area contributed by atoms with Gasteiger partial charge >= 0.3 is 0 Å². The lowest BCUT2D eigenvalue weighted by Gasteiger charge is -2.23. The van der Waals surface area contributed by atoms with Crippen LogP contribution in [-0.4, -0.2) is 11.9 Å². The van der Waals surface area contributed by atoms with Crippen LogP contribution >= 0.6 is 25.2 Å². The van der Waals surface area contributed by atoms with Gasteiger partial charge < -0.3 is 10.5 Å². The van der Waals surface area contributed by atoms with E-state index in [-0.39, 0.29) is 5.54 Å². The van der Waals surface area contributed by atoms with E-state index in [0.717, 1.165) is 29.5 Å². The first-order valence-electron chi connectivity index (χ1n) is 8.95. The van der Waals surface area contributed by atoms with Crippen LogP contribution in [-0.2, 0) is 6.42 Å². The molecule has 0 bridgehead atoms. The molecule has 0 aromatic heterocycles. The van der Waals surface area contributed by atoms with Crippen LogP contribution < -0.4 is 10.5 Å². The molecule has 1 aromatic rings. The topological polar surface area (TPSA) is 35.2 Å². The second kappa shape index (κ2) is 13.2. The fraction of sp³-hybridized carbons (Fsp3) is 0.684. The lowest BCUT2D eigenvalue weighted by molar-refractivity contribution is 0.389. The molecule has 1 aliphatic rings. The molecule has 1 unspecified atom stereocenters. The molecule has 2 nitrogen and oxygen atoms in total. The van der Waals surface area contributed by atoms with Gasteiger partial charge in [0.25, 0.3) is 0 Å². The summed E-state index contributed by atoms with van der Waals surface area (Å²) in [5, 5.41) is 0. The highest BCUT2D eigenvalue weighted by atomic mass is 79.9. The number of halogens is 1. The molecule has 0 heterocycles. The molecule has 0 aliphatic heterocycles. The van der Waals surface area contributed by atoms with Crippen molar-refractivity contribution in [1.82, 2.24) is 0 Å². The van der Waals surface area contributed by atoms with Crippen molar-refractivity contribution in [3.8, 4) is 5.75 Å². The lowest BCUT2D eigenvalue weighted by atomic mass is 9.90. The maximum atomic E-state index is 6.39. The van der Waals surface area contributed by atoms with Crippen LogP contribution in [0.4, 0.5) is 0 Å². The summed E-state index contributed by atoms with van der Waals surface area (Å²) in [5.41, 5.74) is 7.69. The van der Waals surface area contributed by atoms with Crippen LogP contribution in [0.1, 0.15) is 71.8 Å². The Kier molecular flexibility index (Phi) is 13.1. The number of unbranched alkanes of at least 4 members (excludes halogenated alkanes) is 1. The third-order valence-electron chi connectivity index (χ3n) is 3.89. The second-order valence-electron chi connectivity index (χ2n) is 5.82. The minimum absolute atomic E-state index is 0.0163. The summed E-state index contributed by atoms with van der Waals surface area (Å²) in [6, 6.07) is 6.26. The average Bonchev–Trinajstić information content (AvgIpc) is 2.98. The zero-order valence-electron chi connectivity index (χ0n) is 15.3. The molecule has 1 aromatic carbocycles. The first-order valence-corrected chi connectivity index (χ1v) is 10.6. The molecule has 0 saturated heterocycles. The van der Waals surface area contributed by atoms with Crippen molar-refractivity contribution in [2.45, 2.75) is 78.2 Å². The number of nitrogens with two attached hydrogens (primary N) is 1. The molecule has 0 radical (unpaired) electrons. The van der Waals surface area contributed by atoms with E-state index in [1.54, 1.807) is 0 Å². The number of benzene rings is 1. The third-order valence-corrected chi connectivity index (χ3v) is 4.68. The minimum atomic E-state index is 0.0163. The average molecular weight is 404 g/mol. The predicted octanol–water partition coefficient (Wildman–Crippen LogP) is 6.31. The quantitative estimate of drug-likeness (QED) is 0.584. The van der Waals surface area contributed by atoms with Gasteiger partial charge in [-0.1, -0.05) is 68.7 Å². The van der Waals surface area contributed by atoms with Crippen molar-refractivity contribution in [3.05, 3.63) is 28.2 Å². The Morgan fingerprint density at radius 2 is 1.74 bits per heavy atom. The Hall–Kier alpha value is -0.110. The van der Waals surface area contributed by atoms with Gasteiger partial charge in [-0.25, -0.2) is 0 Å². The maximum Gasteiger partial charge on any atom is 0.133 e. The maximum absolute atomic E-state index is 6.39. The van der Waals surface area contributed by atoms with Crippen LogP contribution in [0.15, 0.2) is 22.7 Å². The number of rotatable bonds is 5. The van der Waals surface area contributed by atoms with Crippen molar-refractivity contribution in [2.24, 2.45) is 5.73 Å². The Balaban J connectivity index is 0.000000705. The smallest absolute Gasteiger partial charge is 0.133 e. The molecule has 1 saturated carbocycles. The second-order valence-corrected chi connectivity index (χ2v) is 7.01. The SMILES string of the molecule is CC.CCCC.NC1(Cc2ccc(OCP)c(Br)c2)CCCC1. The van der Waals surface area contributed by atoms with E-state index < -0.39 is 0 Å². The Morgan fingerprint density at radius 1 is 1.17 bits per heavy atom. The van der Waals surface area contributed by atoms with E-state index in [0.29, 0.717) is 6.35 Å². The molecule has 0 amide bonds. The van der Waals surface area contributed by atoms with Gasteiger partial charge in [0, 0.05) is 5.54 Å². The fourth-order valence-corrected chi connectivity index (χ4v) is 3.24. The Bertz CT molecular complexity index is 418. The molecule has 23 heavy (non-hydrogen) atoms. The van der Waals surface area contributed by atoms with E-state index in [1.165, 1.54) is 31.2 Å². The standard InChI is InChI=1S/C13H19BrNOP.C4H10.C2H6/c14-11-7-10(3-4-12(11)16-9-17)8-13(15)5-1-2-6-13;1-3-4-2;1-2/h3-4,7H,1-2,5-6,8-9,15,17H2;3-4H2,1-2H3;1-2H3. The summed E-state index contributed by atoms with van der Waals surface area (Å²) in [5.74, 6) is 0.890. The normalized spacial score (nSPS) is 15.1. The molecule has 134 valence electrons. The molecule has 0 spiro atoms. The first kappa shape index (κ1) is 22.9. The van der Waals surface area contributed by atoms with Crippen LogP contribution in [0.5, 0.6) is 5.75 Å². The van der Waals surface area contributed by atoms with E-state index in [4.69, 9.17) is 10.5 Å². The Labute approximate surface area is 154 Å². The highest BCUT2D eigenvalue weighted by Crippen LogP contribution is 2.33. The summed E-state index contributed by atoms with van der Waals surface area (Å²) in [6.45, 7) is 8.36. The zero-order valence-corrected chi connectivity index (χ0v) is 18.1. The molecule has 1 aliphatic carbocycles. The lowest BCUT2D eigenvalue weighted by Crippen LogP contribution is -2.38. The van der Waals surface area contributed by atoms with Crippen molar-refractivity contribution in [1.29, 1.82) is 0 Å². The van der Waals surface area contributed by atoms with E-state index in [9.17, 15) is 0 Å². The zero-order chi connectivity index (χ0) is 17.7. The molecule has 1 fully saturated rings. The minimum Gasteiger partial charge on any atom is -0.489 e. The molecular weight excluding hydrogens is 369 g/mol. The third kappa shape index (κ3) is 9.08. The van der Waals surface area contributed by atoms with Crippen LogP contribution in [0.3, 0.4) is 0 Å². The first-order chi connectivity index (χ1) is 11.0. The number of hydrogen-bond donors (Lipinski definition) is 1. The van der Waals surface area contributed by atoms with Gasteiger partial charge in [0.15, 0.2) is 0 Å². The largest absolute Gasteiger partial charge is 0.489 e.